The van der Waals surface area contributed by atoms with E-state index in [0.717, 1.165) is 55.4 Å². The molecule has 2 aliphatic heterocycles. The number of aromatic nitrogens is 3. The Morgan fingerprint density at radius 1 is 1.07 bits per heavy atom. The lowest BCUT2D eigenvalue weighted by Gasteiger charge is -2.38. The number of hydrogen-bond acceptors (Lipinski definition) is 5. The molecule has 6 nitrogen and oxygen atoms in total. The first-order chi connectivity index (χ1) is 13.7. The average molecular weight is 430 g/mol. The van der Waals surface area contributed by atoms with Crippen LogP contribution < -0.4 is 5.32 Å². The smallest absolute Gasteiger partial charge is 0.293 e. The number of carbonyl (C=O) groups excluding carboxylic acids is 1. The molecule has 29 heavy (non-hydrogen) atoms. The zero-order valence-corrected chi connectivity index (χ0v) is 17.7. The maximum absolute atomic E-state index is 13.1. The number of benzene rings is 1. The molecule has 0 bridgehead atoms. The highest BCUT2D eigenvalue weighted by atomic mass is 35.5. The number of halogens is 1. The van der Waals surface area contributed by atoms with Crippen LogP contribution in [0, 0.1) is 5.41 Å². The van der Waals surface area contributed by atoms with E-state index in [4.69, 9.17) is 0 Å². The Balaban J connectivity index is 0.00000205. The van der Waals surface area contributed by atoms with E-state index < -0.39 is 0 Å². The van der Waals surface area contributed by atoms with Gasteiger partial charge < -0.3 is 10.2 Å². The first-order valence-electron chi connectivity index (χ1n) is 9.81. The largest absolute Gasteiger partial charge is 0.336 e. The number of para-hydroxylation sites is 1. The van der Waals surface area contributed by atoms with Gasteiger partial charge in [0, 0.05) is 19.6 Å². The van der Waals surface area contributed by atoms with Crippen LogP contribution in [0.1, 0.15) is 29.9 Å². The molecule has 0 saturated carbocycles. The number of nitrogens with one attached hydrogen (secondary N) is 1. The summed E-state index contributed by atoms with van der Waals surface area (Å²) in [6.45, 7) is 3.75. The van der Waals surface area contributed by atoms with Gasteiger partial charge in [0.15, 0.2) is 5.82 Å². The van der Waals surface area contributed by atoms with Crippen molar-refractivity contribution in [3.63, 3.8) is 0 Å². The summed E-state index contributed by atoms with van der Waals surface area (Å²) in [5, 5.41) is 10.1. The molecule has 5 rings (SSSR count). The summed E-state index contributed by atoms with van der Waals surface area (Å²) in [5.74, 6) is 0.944. The number of carbonyl (C=O) groups is 1. The van der Waals surface area contributed by atoms with Crippen molar-refractivity contribution in [1.82, 2.24) is 25.0 Å². The van der Waals surface area contributed by atoms with Gasteiger partial charge in [-0.3, -0.25) is 4.79 Å². The summed E-state index contributed by atoms with van der Waals surface area (Å²) in [5.41, 5.74) is 1.29. The topological polar surface area (TPSA) is 63.1 Å². The van der Waals surface area contributed by atoms with E-state index in [1.54, 1.807) is 16.0 Å². The van der Waals surface area contributed by atoms with Crippen LogP contribution in [0.15, 0.2) is 47.8 Å². The molecule has 0 aliphatic carbocycles. The fourth-order valence-electron chi connectivity index (χ4n) is 4.27. The molecule has 1 aromatic carbocycles. The molecule has 1 amide bonds. The predicted octanol–water partition coefficient (Wildman–Crippen LogP) is 3.63. The Morgan fingerprint density at radius 3 is 2.52 bits per heavy atom. The van der Waals surface area contributed by atoms with Gasteiger partial charge >= 0.3 is 0 Å². The zero-order chi connectivity index (χ0) is 19.0. The van der Waals surface area contributed by atoms with Gasteiger partial charge in [0.25, 0.3) is 5.91 Å². The predicted molar refractivity (Wildman–Crippen MR) is 117 cm³/mol. The molecule has 0 atom stereocenters. The number of thiophene rings is 1. The van der Waals surface area contributed by atoms with E-state index in [1.807, 2.05) is 52.7 Å². The molecule has 2 aromatic heterocycles. The Hall–Kier alpha value is -2.22. The third-order valence-electron chi connectivity index (χ3n) is 5.98. The van der Waals surface area contributed by atoms with Crippen molar-refractivity contribution < 1.29 is 4.79 Å². The minimum atomic E-state index is -0.0618. The summed E-state index contributed by atoms with van der Waals surface area (Å²) in [4.78, 5) is 20.7. The number of hydrogen-bond donors (Lipinski definition) is 1. The molecule has 1 N–H and O–H groups in total. The SMILES string of the molecule is Cl.O=C(c1nc(-c2cccs2)n(-c2ccccc2)n1)N1CCC2(CCNC2)CC1. The van der Waals surface area contributed by atoms with Gasteiger partial charge in [-0.2, -0.15) is 0 Å². The first kappa shape index (κ1) is 20.1. The van der Waals surface area contributed by atoms with Crippen LogP contribution in [-0.2, 0) is 0 Å². The second-order valence-corrected chi connectivity index (χ2v) is 8.65. The molecule has 0 unspecified atom stereocenters. The van der Waals surface area contributed by atoms with Gasteiger partial charge in [-0.1, -0.05) is 24.3 Å². The lowest BCUT2D eigenvalue weighted by atomic mass is 9.78. The Kier molecular flexibility index (Phi) is 5.72. The maximum Gasteiger partial charge on any atom is 0.293 e. The number of rotatable bonds is 3. The summed E-state index contributed by atoms with van der Waals surface area (Å²) in [6.07, 6.45) is 3.34. The molecule has 152 valence electrons. The van der Waals surface area contributed by atoms with Gasteiger partial charge in [0.05, 0.1) is 10.6 Å². The number of amides is 1. The quantitative estimate of drug-likeness (QED) is 0.690. The zero-order valence-electron chi connectivity index (χ0n) is 16.1. The highest BCUT2D eigenvalue weighted by Crippen LogP contribution is 2.37. The first-order valence-corrected chi connectivity index (χ1v) is 10.7. The molecule has 2 fully saturated rings. The molecule has 8 heteroatoms. The van der Waals surface area contributed by atoms with E-state index >= 15 is 0 Å². The highest BCUT2D eigenvalue weighted by molar-refractivity contribution is 7.13. The minimum Gasteiger partial charge on any atom is -0.336 e. The molecule has 2 saturated heterocycles. The Morgan fingerprint density at radius 2 is 1.86 bits per heavy atom. The number of piperidine rings is 1. The fraction of sp³-hybridized carbons (Fsp3) is 0.381. The lowest BCUT2D eigenvalue weighted by molar-refractivity contribution is 0.0596. The van der Waals surface area contributed by atoms with E-state index in [1.165, 1.54) is 6.42 Å². The lowest BCUT2D eigenvalue weighted by Crippen LogP contribution is -2.44. The van der Waals surface area contributed by atoms with E-state index in [2.05, 4.69) is 15.4 Å². The van der Waals surface area contributed by atoms with Crippen LogP contribution in [0.5, 0.6) is 0 Å². The highest BCUT2D eigenvalue weighted by Gasteiger charge is 2.38. The van der Waals surface area contributed by atoms with Crippen LogP contribution in [0.2, 0.25) is 0 Å². The fourth-order valence-corrected chi connectivity index (χ4v) is 4.96. The van der Waals surface area contributed by atoms with Gasteiger partial charge in [-0.25, -0.2) is 9.67 Å². The second kappa shape index (κ2) is 8.26. The van der Waals surface area contributed by atoms with Gasteiger partial charge in [-0.15, -0.1) is 28.8 Å². The van der Waals surface area contributed by atoms with Gasteiger partial charge in [0.1, 0.15) is 0 Å². The summed E-state index contributed by atoms with van der Waals surface area (Å²) in [7, 11) is 0. The number of likely N-dealkylation sites (tertiary alicyclic amines) is 1. The van der Waals surface area contributed by atoms with Gasteiger partial charge in [0.2, 0.25) is 5.82 Å². The number of nitrogens with zero attached hydrogens (tertiary/aromatic N) is 4. The summed E-state index contributed by atoms with van der Waals surface area (Å²) >= 11 is 1.60. The molecule has 1 spiro atoms. The molecule has 2 aliphatic rings. The van der Waals surface area contributed by atoms with E-state index in [0.29, 0.717) is 5.41 Å². The van der Waals surface area contributed by atoms with Crippen LogP contribution in [0.4, 0.5) is 0 Å². The summed E-state index contributed by atoms with van der Waals surface area (Å²) in [6, 6.07) is 13.9. The molecule has 0 radical (unpaired) electrons. The van der Waals surface area contributed by atoms with Crippen LogP contribution in [0.25, 0.3) is 16.4 Å². The molecule has 3 aromatic rings. The normalized spacial score (nSPS) is 18.0. The van der Waals surface area contributed by atoms with Crippen molar-refractivity contribution in [2.75, 3.05) is 26.2 Å². The maximum atomic E-state index is 13.1. The third-order valence-corrected chi connectivity index (χ3v) is 6.85. The van der Waals surface area contributed by atoms with E-state index in [9.17, 15) is 4.79 Å². The average Bonchev–Trinajstić information content (AvgIpc) is 3.49. The molecular weight excluding hydrogens is 406 g/mol. The van der Waals surface area contributed by atoms with Crippen molar-refractivity contribution in [3.05, 3.63) is 53.7 Å². The monoisotopic (exact) mass is 429 g/mol. The Labute approximate surface area is 180 Å². The molecular formula is C21H24ClN5OS. The van der Waals surface area contributed by atoms with Crippen LogP contribution in [0.3, 0.4) is 0 Å². The van der Waals surface area contributed by atoms with Gasteiger partial charge in [-0.05, 0) is 54.8 Å². The van der Waals surface area contributed by atoms with Crippen molar-refractivity contribution in [2.24, 2.45) is 5.41 Å². The van der Waals surface area contributed by atoms with E-state index in [-0.39, 0.29) is 24.1 Å². The van der Waals surface area contributed by atoms with Crippen molar-refractivity contribution in [3.8, 4) is 16.4 Å². The molecule has 4 heterocycles. The second-order valence-electron chi connectivity index (χ2n) is 7.70. The van der Waals surface area contributed by atoms with Crippen molar-refractivity contribution in [1.29, 1.82) is 0 Å². The van der Waals surface area contributed by atoms with Crippen molar-refractivity contribution in [2.45, 2.75) is 19.3 Å². The standard InChI is InChI=1S/C21H23N5OS.ClH/c27-20(25-12-9-21(10-13-25)8-11-22-15-21)18-23-19(17-7-4-14-28-17)26(24-18)16-5-2-1-3-6-16;/h1-7,14,22H,8-13,15H2;1H. The Bertz CT molecular complexity index is 956. The third kappa shape index (κ3) is 3.82. The van der Waals surface area contributed by atoms with Crippen molar-refractivity contribution >= 4 is 29.7 Å². The minimum absolute atomic E-state index is 0. The van der Waals surface area contributed by atoms with Crippen LogP contribution >= 0.6 is 23.7 Å². The van der Waals surface area contributed by atoms with Crippen LogP contribution in [-0.4, -0.2) is 51.8 Å². The summed E-state index contributed by atoms with van der Waals surface area (Å²) < 4.78 is 1.78.